The molecule has 0 atom stereocenters. The van der Waals surface area contributed by atoms with Gasteiger partial charge in [-0.05, 0) is 44.2 Å². The molecule has 0 saturated heterocycles. The second-order valence-electron chi connectivity index (χ2n) is 8.99. The topological polar surface area (TPSA) is 112 Å². The van der Waals surface area contributed by atoms with Gasteiger partial charge < -0.3 is 20.9 Å². The van der Waals surface area contributed by atoms with Crippen LogP contribution < -0.4 is 20.9 Å². The molecule has 1 aliphatic rings. The Balaban J connectivity index is 1.33. The number of rotatable bonds is 6. The van der Waals surface area contributed by atoms with Crippen LogP contribution in [0.15, 0.2) is 48.5 Å². The zero-order valence-corrected chi connectivity index (χ0v) is 19.7. The number of hydrogen-bond acceptors (Lipinski definition) is 6. The van der Waals surface area contributed by atoms with Gasteiger partial charge in [0.1, 0.15) is 5.82 Å². The van der Waals surface area contributed by atoms with Crippen molar-refractivity contribution in [3.05, 3.63) is 64.2 Å². The van der Waals surface area contributed by atoms with Crippen LogP contribution in [0.3, 0.4) is 0 Å². The number of benzene rings is 2. The van der Waals surface area contributed by atoms with E-state index in [1.807, 2.05) is 32.3 Å². The maximum Gasteiger partial charge on any atom is 0.319 e. The highest BCUT2D eigenvalue weighted by Gasteiger charge is 2.23. The molecule has 1 fully saturated rings. The lowest BCUT2D eigenvalue weighted by Gasteiger charge is -2.30. The van der Waals surface area contributed by atoms with Crippen LogP contribution in [0.4, 0.5) is 27.7 Å². The first-order valence-electron chi connectivity index (χ1n) is 11.5. The molecule has 1 saturated carbocycles. The predicted molar refractivity (Wildman–Crippen MR) is 136 cm³/mol. The van der Waals surface area contributed by atoms with Crippen LogP contribution >= 0.6 is 0 Å². The second kappa shape index (κ2) is 9.94. The van der Waals surface area contributed by atoms with E-state index < -0.39 is 4.92 Å². The summed E-state index contributed by atoms with van der Waals surface area (Å²) in [5.41, 5.74) is 3.25. The normalized spacial score (nSPS) is 17.7. The zero-order chi connectivity index (χ0) is 24.2. The van der Waals surface area contributed by atoms with Gasteiger partial charge in [0.15, 0.2) is 0 Å². The van der Waals surface area contributed by atoms with Gasteiger partial charge in [-0.3, -0.25) is 10.1 Å². The Hall–Kier alpha value is -3.88. The number of carbonyl (C=O) groups excluding carboxylic acids is 1. The number of nitrogens with one attached hydrogen (secondary N) is 3. The predicted octanol–water partition coefficient (Wildman–Crippen LogP) is 5.06. The quantitative estimate of drug-likeness (QED) is 0.349. The lowest BCUT2D eigenvalue weighted by molar-refractivity contribution is -0.384. The lowest BCUT2D eigenvalue weighted by atomic mass is 9.91. The molecule has 0 unspecified atom stereocenters. The number of amides is 2. The number of pyridine rings is 1. The summed E-state index contributed by atoms with van der Waals surface area (Å²) >= 11 is 0. The van der Waals surface area contributed by atoms with Gasteiger partial charge in [0.2, 0.25) is 0 Å². The highest BCUT2D eigenvalue weighted by molar-refractivity contribution is 5.93. The Kier molecular flexibility index (Phi) is 6.81. The Bertz CT molecular complexity index is 1200. The van der Waals surface area contributed by atoms with E-state index in [-0.39, 0.29) is 23.8 Å². The Labute approximate surface area is 198 Å². The fraction of sp³-hybridized carbons (Fsp3) is 0.360. The van der Waals surface area contributed by atoms with Crippen molar-refractivity contribution in [3.8, 4) is 0 Å². The minimum absolute atomic E-state index is 0.0489. The fourth-order valence-electron chi connectivity index (χ4n) is 4.39. The van der Waals surface area contributed by atoms with E-state index >= 15 is 0 Å². The number of hydrogen-bond donors (Lipinski definition) is 3. The molecule has 2 aromatic carbocycles. The van der Waals surface area contributed by atoms with Crippen molar-refractivity contribution in [3.63, 3.8) is 0 Å². The van der Waals surface area contributed by atoms with Crippen LogP contribution in [-0.4, -0.2) is 42.1 Å². The second-order valence-corrected chi connectivity index (χ2v) is 8.99. The van der Waals surface area contributed by atoms with Gasteiger partial charge in [0, 0.05) is 55.5 Å². The van der Waals surface area contributed by atoms with Crippen LogP contribution in [-0.2, 0) is 0 Å². The van der Waals surface area contributed by atoms with Gasteiger partial charge in [-0.15, -0.1) is 0 Å². The van der Waals surface area contributed by atoms with Gasteiger partial charge in [-0.25, -0.2) is 9.78 Å². The lowest BCUT2D eigenvalue weighted by Crippen LogP contribution is -2.42. The molecule has 3 aromatic rings. The van der Waals surface area contributed by atoms with Crippen molar-refractivity contribution >= 4 is 39.8 Å². The van der Waals surface area contributed by atoms with E-state index in [2.05, 4.69) is 33.0 Å². The molecule has 9 nitrogen and oxygen atoms in total. The molecule has 178 valence electrons. The molecule has 0 radical (unpaired) electrons. The summed E-state index contributed by atoms with van der Waals surface area (Å²) in [6, 6.07) is 14.6. The van der Waals surface area contributed by atoms with Gasteiger partial charge in [0.05, 0.1) is 16.1 Å². The summed E-state index contributed by atoms with van der Waals surface area (Å²) in [4.78, 5) is 29.9. The standard InChI is InChI=1S/C25H30N6O3/c1-16-8-13-19(31(33)34)14-22(16)29-25(32)27-18-11-9-17(10-12-18)26-24-15-23(30(2)3)20-6-4-5-7-21(20)28-24/h4-8,13-15,17-18H,9-12H2,1-3H3,(H,26,28)(H2,27,29,32). The third kappa shape index (κ3) is 5.36. The van der Waals surface area contributed by atoms with Crippen molar-refractivity contribution in [2.45, 2.75) is 44.7 Å². The van der Waals surface area contributed by atoms with Crippen LogP contribution in [0.25, 0.3) is 10.9 Å². The number of fused-ring (bicyclic) bond motifs is 1. The summed E-state index contributed by atoms with van der Waals surface area (Å²) in [6.07, 6.45) is 3.50. The summed E-state index contributed by atoms with van der Waals surface area (Å²) in [5, 5.41) is 21.5. The Morgan fingerprint density at radius 2 is 1.76 bits per heavy atom. The molecular weight excluding hydrogens is 432 g/mol. The number of aryl methyl sites for hydroxylation is 1. The maximum atomic E-state index is 12.5. The van der Waals surface area contributed by atoms with Gasteiger partial charge >= 0.3 is 6.03 Å². The molecule has 9 heteroatoms. The summed E-state index contributed by atoms with van der Waals surface area (Å²) < 4.78 is 0. The number of anilines is 3. The average Bonchev–Trinajstić information content (AvgIpc) is 2.81. The molecule has 4 rings (SSSR count). The molecular formula is C25H30N6O3. The van der Waals surface area contributed by atoms with E-state index in [0.29, 0.717) is 5.69 Å². The zero-order valence-electron chi connectivity index (χ0n) is 19.7. The summed E-state index contributed by atoms with van der Waals surface area (Å²) in [5.74, 6) is 0.859. The fourth-order valence-corrected chi connectivity index (χ4v) is 4.39. The first-order chi connectivity index (χ1) is 16.3. The molecule has 1 heterocycles. The highest BCUT2D eigenvalue weighted by Crippen LogP contribution is 2.29. The molecule has 0 aliphatic heterocycles. The maximum absolute atomic E-state index is 12.5. The van der Waals surface area contributed by atoms with E-state index in [1.54, 1.807) is 13.0 Å². The number of aromatic nitrogens is 1. The highest BCUT2D eigenvalue weighted by atomic mass is 16.6. The van der Waals surface area contributed by atoms with E-state index in [1.165, 1.54) is 12.1 Å². The summed E-state index contributed by atoms with van der Waals surface area (Å²) in [6.45, 7) is 1.80. The molecule has 1 aliphatic carbocycles. The SMILES string of the molecule is Cc1ccc([N+](=O)[O-])cc1NC(=O)NC1CCC(Nc2cc(N(C)C)c3ccccc3n2)CC1. The van der Waals surface area contributed by atoms with Crippen molar-refractivity contribution < 1.29 is 9.72 Å². The Morgan fingerprint density at radius 3 is 2.47 bits per heavy atom. The van der Waals surface area contributed by atoms with Crippen LogP contribution in [0.1, 0.15) is 31.2 Å². The first-order valence-corrected chi connectivity index (χ1v) is 11.5. The minimum Gasteiger partial charge on any atom is -0.377 e. The third-order valence-electron chi connectivity index (χ3n) is 6.27. The van der Waals surface area contributed by atoms with Crippen molar-refractivity contribution in [1.82, 2.24) is 10.3 Å². The average molecular weight is 463 g/mol. The van der Waals surface area contributed by atoms with Crippen LogP contribution in [0.2, 0.25) is 0 Å². The number of para-hydroxylation sites is 1. The largest absolute Gasteiger partial charge is 0.377 e. The molecule has 0 bridgehead atoms. The molecule has 2 amide bonds. The monoisotopic (exact) mass is 462 g/mol. The summed E-state index contributed by atoms with van der Waals surface area (Å²) in [7, 11) is 4.06. The Morgan fingerprint density at radius 1 is 1.06 bits per heavy atom. The molecule has 1 aromatic heterocycles. The number of urea groups is 1. The van der Waals surface area contributed by atoms with Crippen molar-refractivity contribution in [2.24, 2.45) is 0 Å². The van der Waals surface area contributed by atoms with Gasteiger partial charge in [0.25, 0.3) is 5.69 Å². The van der Waals surface area contributed by atoms with Gasteiger partial charge in [-0.1, -0.05) is 24.3 Å². The van der Waals surface area contributed by atoms with Gasteiger partial charge in [-0.2, -0.15) is 0 Å². The minimum atomic E-state index is -0.470. The molecule has 0 spiro atoms. The molecule has 34 heavy (non-hydrogen) atoms. The van der Waals surface area contributed by atoms with Crippen LogP contribution in [0, 0.1) is 17.0 Å². The van der Waals surface area contributed by atoms with Crippen LogP contribution in [0.5, 0.6) is 0 Å². The number of nitro benzene ring substituents is 1. The number of nitrogens with zero attached hydrogens (tertiary/aromatic N) is 3. The van der Waals surface area contributed by atoms with E-state index in [4.69, 9.17) is 4.98 Å². The van der Waals surface area contributed by atoms with E-state index in [9.17, 15) is 14.9 Å². The van der Waals surface area contributed by atoms with E-state index in [0.717, 1.165) is 53.7 Å². The smallest absolute Gasteiger partial charge is 0.319 e. The number of carbonyl (C=O) groups is 1. The molecule has 3 N–H and O–H groups in total. The third-order valence-corrected chi connectivity index (χ3v) is 6.27. The number of non-ortho nitro benzene ring substituents is 1. The van der Waals surface area contributed by atoms with Crippen molar-refractivity contribution in [1.29, 1.82) is 0 Å². The first kappa shape index (κ1) is 23.3. The van der Waals surface area contributed by atoms with Crippen molar-refractivity contribution in [2.75, 3.05) is 29.6 Å². The number of nitro groups is 1.